The van der Waals surface area contributed by atoms with Gasteiger partial charge in [0.15, 0.2) is 0 Å². The fourth-order valence-electron chi connectivity index (χ4n) is 3.26. The van der Waals surface area contributed by atoms with Crippen molar-refractivity contribution in [2.24, 2.45) is 0 Å². The minimum Gasteiger partial charge on any atom is -0.494 e. The zero-order valence-corrected chi connectivity index (χ0v) is 17.2. The van der Waals surface area contributed by atoms with Gasteiger partial charge in [-0.15, -0.1) is 0 Å². The van der Waals surface area contributed by atoms with Crippen LogP contribution in [-0.2, 0) is 22.5 Å². The van der Waals surface area contributed by atoms with Crippen LogP contribution in [0.3, 0.4) is 0 Å². The summed E-state index contributed by atoms with van der Waals surface area (Å²) < 4.78 is 12.9. The topological polar surface area (TPSA) is 65.4 Å². The second-order valence-corrected chi connectivity index (χ2v) is 7.07. The Balaban J connectivity index is 1.54. The molecule has 1 heterocycles. The van der Waals surface area contributed by atoms with E-state index in [9.17, 15) is 4.79 Å². The predicted octanol–water partition coefficient (Wildman–Crippen LogP) is 3.51. The third kappa shape index (κ3) is 6.06. The minimum atomic E-state index is -0.108. The van der Waals surface area contributed by atoms with Gasteiger partial charge in [-0.05, 0) is 44.0 Å². The maximum absolute atomic E-state index is 11.6. The molecule has 29 heavy (non-hydrogen) atoms. The molecule has 0 radical (unpaired) electrons. The van der Waals surface area contributed by atoms with E-state index in [1.807, 2.05) is 30.3 Å². The van der Waals surface area contributed by atoms with Crippen molar-refractivity contribution in [3.05, 3.63) is 59.9 Å². The highest BCUT2D eigenvalue weighted by Crippen LogP contribution is 2.18. The summed E-state index contributed by atoms with van der Waals surface area (Å²) in [5, 5.41) is 2.86. The SMILES string of the molecule is COCC(=O)NCCc1nc2ccccc2n1CCCCOc1ccc(C)cc1. The second-order valence-electron chi connectivity index (χ2n) is 7.07. The molecule has 2 aromatic carbocycles. The van der Waals surface area contributed by atoms with Crippen LogP contribution < -0.4 is 10.1 Å². The van der Waals surface area contributed by atoms with Crippen LogP contribution >= 0.6 is 0 Å². The molecule has 0 unspecified atom stereocenters. The number of hydrogen-bond donors (Lipinski definition) is 1. The Morgan fingerprint density at radius 1 is 1.10 bits per heavy atom. The molecule has 1 aromatic heterocycles. The Kier molecular flexibility index (Phi) is 7.64. The van der Waals surface area contributed by atoms with E-state index in [1.165, 1.54) is 12.7 Å². The lowest BCUT2D eigenvalue weighted by molar-refractivity contribution is -0.124. The van der Waals surface area contributed by atoms with Gasteiger partial charge in [-0.25, -0.2) is 4.98 Å². The molecule has 0 fully saturated rings. The van der Waals surface area contributed by atoms with Gasteiger partial charge in [0.25, 0.3) is 0 Å². The van der Waals surface area contributed by atoms with Crippen molar-refractivity contribution in [1.82, 2.24) is 14.9 Å². The molecule has 0 saturated carbocycles. The lowest BCUT2D eigenvalue weighted by Gasteiger charge is -2.11. The molecule has 6 nitrogen and oxygen atoms in total. The molecule has 0 bridgehead atoms. The number of rotatable bonds is 11. The first-order valence-corrected chi connectivity index (χ1v) is 10.1. The second kappa shape index (κ2) is 10.6. The molecule has 1 N–H and O–H groups in total. The highest BCUT2D eigenvalue weighted by atomic mass is 16.5. The normalized spacial score (nSPS) is 11.0. The van der Waals surface area contributed by atoms with E-state index in [0.29, 0.717) is 19.6 Å². The standard InChI is InChI=1S/C23H29N3O3/c1-18-9-11-19(12-10-18)29-16-6-5-15-26-21-8-4-3-7-20(21)25-22(26)13-14-24-23(27)17-28-2/h3-4,7-12H,5-6,13-17H2,1-2H3,(H,24,27). The van der Waals surface area contributed by atoms with Crippen molar-refractivity contribution < 1.29 is 14.3 Å². The zero-order chi connectivity index (χ0) is 20.5. The molecule has 3 rings (SSSR count). The molecular formula is C23H29N3O3. The molecule has 1 amide bonds. The fraction of sp³-hybridized carbons (Fsp3) is 0.391. The lowest BCUT2D eigenvalue weighted by Crippen LogP contribution is -2.29. The first-order valence-electron chi connectivity index (χ1n) is 10.1. The highest BCUT2D eigenvalue weighted by molar-refractivity contribution is 5.77. The molecule has 154 valence electrons. The molecular weight excluding hydrogens is 366 g/mol. The first kappa shape index (κ1) is 20.9. The molecule has 0 aliphatic rings. The van der Waals surface area contributed by atoms with Gasteiger partial charge in [-0.1, -0.05) is 29.8 Å². The van der Waals surface area contributed by atoms with Gasteiger partial charge in [-0.3, -0.25) is 4.79 Å². The van der Waals surface area contributed by atoms with Crippen LogP contribution in [0.15, 0.2) is 48.5 Å². The molecule has 6 heteroatoms. The summed E-state index contributed by atoms with van der Waals surface area (Å²) in [7, 11) is 1.52. The van der Waals surface area contributed by atoms with Gasteiger partial charge in [-0.2, -0.15) is 0 Å². The number of amides is 1. The number of methoxy groups -OCH3 is 1. The molecule has 3 aromatic rings. The monoisotopic (exact) mass is 395 g/mol. The third-order valence-electron chi connectivity index (χ3n) is 4.75. The third-order valence-corrected chi connectivity index (χ3v) is 4.75. The maximum atomic E-state index is 11.6. The van der Waals surface area contributed by atoms with Gasteiger partial charge in [0.05, 0.1) is 17.6 Å². The zero-order valence-electron chi connectivity index (χ0n) is 17.2. The van der Waals surface area contributed by atoms with E-state index < -0.39 is 0 Å². The quantitative estimate of drug-likeness (QED) is 0.505. The number of fused-ring (bicyclic) bond motifs is 1. The molecule has 0 spiro atoms. The van der Waals surface area contributed by atoms with E-state index in [4.69, 9.17) is 14.5 Å². The fourth-order valence-corrected chi connectivity index (χ4v) is 3.26. The van der Waals surface area contributed by atoms with Crippen LogP contribution in [0.1, 0.15) is 24.2 Å². The largest absolute Gasteiger partial charge is 0.494 e. The van der Waals surface area contributed by atoms with Crippen molar-refractivity contribution in [3.63, 3.8) is 0 Å². The Bertz CT molecular complexity index is 919. The van der Waals surface area contributed by atoms with E-state index in [1.54, 1.807) is 0 Å². The van der Waals surface area contributed by atoms with Gasteiger partial charge in [0, 0.05) is 26.6 Å². The molecule has 0 atom stereocenters. The van der Waals surface area contributed by atoms with Crippen LogP contribution in [0.5, 0.6) is 5.75 Å². The highest BCUT2D eigenvalue weighted by Gasteiger charge is 2.10. The number of ether oxygens (including phenoxy) is 2. The van der Waals surface area contributed by atoms with Gasteiger partial charge in [0.1, 0.15) is 18.2 Å². The summed E-state index contributed by atoms with van der Waals surface area (Å²) in [5.74, 6) is 1.79. The summed E-state index contributed by atoms with van der Waals surface area (Å²) in [6.07, 6.45) is 2.64. The summed E-state index contributed by atoms with van der Waals surface area (Å²) in [4.78, 5) is 16.4. The van der Waals surface area contributed by atoms with E-state index in [2.05, 4.69) is 35.0 Å². The van der Waals surface area contributed by atoms with Crippen molar-refractivity contribution in [2.75, 3.05) is 26.9 Å². The Labute approximate surface area is 171 Å². The molecule has 0 saturated heterocycles. The number of hydrogen-bond acceptors (Lipinski definition) is 4. The molecule has 0 aliphatic heterocycles. The number of para-hydroxylation sites is 2. The van der Waals surface area contributed by atoms with Gasteiger partial charge in [0.2, 0.25) is 5.91 Å². The number of aromatic nitrogens is 2. The minimum absolute atomic E-state index is 0.0808. The maximum Gasteiger partial charge on any atom is 0.245 e. The smallest absolute Gasteiger partial charge is 0.245 e. The number of unbranched alkanes of at least 4 members (excludes halogenated alkanes) is 1. The number of nitrogens with one attached hydrogen (secondary N) is 1. The van der Waals surface area contributed by atoms with Crippen LogP contribution in [0.25, 0.3) is 11.0 Å². The Hall–Kier alpha value is -2.86. The number of imidazole rings is 1. The van der Waals surface area contributed by atoms with E-state index in [0.717, 1.165) is 42.0 Å². The van der Waals surface area contributed by atoms with Crippen molar-refractivity contribution in [1.29, 1.82) is 0 Å². The number of benzene rings is 2. The number of carbonyl (C=O) groups is 1. The van der Waals surface area contributed by atoms with Crippen LogP contribution in [0.4, 0.5) is 0 Å². The number of nitrogens with zero attached hydrogens (tertiary/aromatic N) is 2. The molecule has 0 aliphatic carbocycles. The van der Waals surface area contributed by atoms with Gasteiger partial charge < -0.3 is 19.4 Å². The Morgan fingerprint density at radius 2 is 1.90 bits per heavy atom. The summed E-state index contributed by atoms with van der Waals surface area (Å²) in [6, 6.07) is 16.3. The summed E-state index contributed by atoms with van der Waals surface area (Å²) in [6.45, 7) is 4.26. The summed E-state index contributed by atoms with van der Waals surface area (Å²) in [5.41, 5.74) is 3.35. The van der Waals surface area contributed by atoms with Crippen LogP contribution in [0.2, 0.25) is 0 Å². The van der Waals surface area contributed by atoms with Crippen LogP contribution in [0, 0.1) is 6.92 Å². The average Bonchev–Trinajstić information content (AvgIpc) is 3.07. The van der Waals surface area contributed by atoms with Crippen molar-refractivity contribution in [2.45, 2.75) is 32.7 Å². The van der Waals surface area contributed by atoms with E-state index in [-0.39, 0.29) is 12.5 Å². The summed E-state index contributed by atoms with van der Waals surface area (Å²) >= 11 is 0. The van der Waals surface area contributed by atoms with Crippen molar-refractivity contribution >= 4 is 16.9 Å². The first-order chi connectivity index (χ1) is 14.2. The van der Waals surface area contributed by atoms with Crippen LogP contribution in [-0.4, -0.2) is 42.3 Å². The van der Waals surface area contributed by atoms with Gasteiger partial charge >= 0.3 is 0 Å². The predicted molar refractivity (Wildman–Crippen MR) is 114 cm³/mol. The average molecular weight is 396 g/mol. The number of aryl methyl sites for hydroxylation is 2. The number of carbonyl (C=O) groups excluding carboxylic acids is 1. The van der Waals surface area contributed by atoms with Crippen molar-refractivity contribution in [3.8, 4) is 5.75 Å². The lowest BCUT2D eigenvalue weighted by atomic mass is 10.2. The van der Waals surface area contributed by atoms with E-state index >= 15 is 0 Å². The Morgan fingerprint density at radius 3 is 2.69 bits per heavy atom.